The third-order valence-electron chi connectivity index (χ3n) is 4.22. The number of hydrogen-bond donors (Lipinski definition) is 1. The third-order valence-corrected chi connectivity index (χ3v) is 4.22. The average molecular weight is 349 g/mol. The normalized spacial score (nSPS) is 12.5. The minimum atomic E-state index is -0.632. The van der Waals surface area contributed by atoms with E-state index in [1.807, 2.05) is 0 Å². The van der Waals surface area contributed by atoms with E-state index >= 15 is 0 Å². The lowest BCUT2D eigenvalue weighted by Crippen LogP contribution is -2.22. The van der Waals surface area contributed by atoms with Gasteiger partial charge in [0.05, 0.1) is 5.56 Å². The van der Waals surface area contributed by atoms with Crippen LogP contribution in [0.15, 0.2) is 59.0 Å². The lowest BCUT2D eigenvalue weighted by molar-refractivity contribution is 0.0911. The molecule has 1 aliphatic carbocycles. The van der Waals surface area contributed by atoms with Gasteiger partial charge in [0.2, 0.25) is 5.78 Å². The van der Waals surface area contributed by atoms with Crippen molar-refractivity contribution in [3.63, 3.8) is 0 Å². The molecule has 4 rings (SSSR count). The molecule has 1 aliphatic rings. The maximum Gasteiger partial charge on any atom is 0.287 e. The van der Waals surface area contributed by atoms with Crippen molar-refractivity contribution in [1.82, 2.24) is 5.32 Å². The Labute approximate surface area is 147 Å². The maximum absolute atomic E-state index is 13.6. The van der Waals surface area contributed by atoms with Gasteiger partial charge in [0.15, 0.2) is 17.3 Å². The fourth-order valence-corrected chi connectivity index (χ4v) is 2.89. The Kier molecular flexibility index (Phi) is 3.73. The van der Waals surface area contributed by atoms with E-state index in [0.29, 0.717) is 5.56 Å². The van der Waals surface area contributed by atoms with Crippen molar-refractivity contribution in [3.05, 3.63) is 94.2 Å². The summed E-state index contributed by atoms with van der Waals surface area (Å²) in [5, 5.41) is 2.52. The van der Waals surface area contributed by atoms with E-state index in [0.717, 1.165) is 0 Å². The van der Waals surface area contributed by atoms with Crippen LogP contribution in [0.2, 0.25) is 0 Å². The molecule has 3 aromatic rings. The van der Waals surface area contributed by atoms with Gasteiger partial charge in [-0.3, -0.25) is 14.4 Å². The fraction of sp³-hybridized carbons (Fsp3) is 0.0500. The van der Waals surface area contributed by atoms with Crippen molar-refractivity contribution < 1.29 is 23.2 Å². The molecule has 0 saturated heterocycles. The van der Waals surface area contributed by atoms with E-state index < -0.39 is 17.5 Å². The highest BCUT2D eigenvalue weighted by Gasteiger charge is 2.34. The predicted octanol–water partition coefficient (Wildman–Crippen LogP) is 3.12. The number of ketones is 2. The molecule has 0 fully saturated rings. The molecule has 1 amide bonds. The second kappa shape index (κ2) is 6.07. The maximum atomic E-state index is 13.6. The van der Waals surface area contributed by atoms with Gasteiger partial charge >= 0.3 is 0 Å². The summed E-state index contributed by atoms with van der Waals surface area (Å²) in [6, 6.07) is 13.7. The number of benzene rings is 2. The lowest BCUT2D eigenvalue weighted by atomic mass is 9.89. The number of nitrogens with one attached hydrogen (secondary N) is 1. The number of fused-ring (bicyclic) bond motifs is 2. The van der Waals surface area contributed by atoms with Crippen LogP contribution in [0, 0.1) is 5.82 Å². The highest BCUT2D eigenvalue weighted by Crippen LogP contribution is 2.29. The first-order valence-electron chi connectivity index (χ1n) is 7.90. The van der Waals surface area contributed by atoms with Gasteiger partial charge in [-0.15, -0.1) is 0 Å². The summed E-state index contributed by atoms with van der Waals surface area (Å²) < 4.78 is 19.0. The van der Waals surface area contributed by atoms with Crippen LogP contribution < -0.4 is 5.32 Å². The number of carbonyl (C=O) groups excluding carboxylic acids is 3. The zero-order valence-electron chi connectivity index (χ0n) is 13.4. The standard InChI is InChI=1S/C20H12FNO4/c21-15-8-4-1-5-11(15)10-22-20(25)16-9-14-17(23)12-6-2-3-7-13(12)18(24)19(14)26-16/h1-9H,10H2,(H,22,25). The Bertz CT molecular complexity index is 1010. The first-order chi connectivity index (χ1) is 12.6. The Balaban J connectivity index is 1.60. The number of halogens is 1. The molecule has 0 unspecified atom stereocenters. The van der Waals surface area contributed by atoms with Crippen LogP contribution in [0.4, 0.5) is 4.39 Å². The molecule has 0 radical (unpaired) electrons. The van der Waals surface area contributed by atoms with Crippen LogP contribution in [0.25, 0.3) is 0 Å². The monoisotopic (exact) mass is 349 g/mol. The van der Waals surface area contributed by atoms with Crippen LogP contribution in [0.5, 0.6) is 0 Å². The van der Waals surface area contributed by atoms with Gasteiger partial charge < -0.3 is 9.73 Å². The summed E-state index contributed by atoms with van der Waals surface area (Å²) in [7, 11) is 0. The molecule has 0 spiro atoms. The molecule has 5 nitrogen and oxygen atoms in total. The van der Waals surface area contributed by atoms with Gasteiger partial charge in [-0.1, -0.05) is 42.5 Å². The topological polar surface area (TPSA) is 76.4 Å². The van der Waals surface area contributed by atoms with Gasteiger partial charge in [0.1, 0.15) is 5.82 Å². The molecular weight excluding hydrogens is 337 g/mol. The molecule has 26 heavy (non-hydrogen) atoms. The molecule has 128 valence electrons. The van der Waals surface area contributed by atoms with E-state index in [1.165, 1.54) is 12.1 Å². The summed E-state index contributed by atoms with van der Waals surface area (Å²) in [6.45, 7) is -0.0427. The highest BCUT2D eigenvalue weighted by atomic mass is 19.1. The van der Waals surface area contributed by atoms with E-state index in [2.05, 4.69) is 5.32 Å². The molecule has 0 atom stereocenters. The number of furan rings is 1. The van der Waals surface area contributed by atoms with Crippen LogP contribution in [0.1, 0.15) is 48.2 Å². The molecule has 1 aromatic heterocycles. The Morgan fingerprint density at radius 3 is 2.31 bits per heavy atom. The van der Waals surface area contributed by atoms with Gasteiger partial charge in [0, 0.05) is 29.3 Å². The van der Waals surface area contributed by atoms with Crippen molar-refractivity contribution in [2.45, 2.75) is 6.54 Å². The van der Waals surface area contributed by atoms with Crippen molar-refractivity contribution in [3.8, 4) is 0 Å². The summed E-state index contributed by atoms with van der Waals surface area (Å²) >= 11 is 0. The van der Waals surface area contributed by atoms with Crippen LogP contribution in [-0.4, -0.2) is 17.5 Å². The second-order valence-electron chi connectivity index (χ2n) is 5.83. The van der Waals surface area contributed by atoms with E-state index in [4.69, 9.17) is 4.42 Å². The lowest BCUT2D eigenvalue weighted by Gasteiger charge is -2.11. The van der Waals surface area contributed by atoms with E-state index in [1.54, 1.807) is 42.5 Å². The first kappa shape index (κ1) is 16.0. The SMILES string of the molecule is O=C(NCc1ccccc1F)c1cc2c(o1)C(=O)c1ccccc1C2=O. The Morgan fingerprint density at radius 1 is 0.923 bits per heavy atom. The van der Waals surface area contributed by atoms with E-state index in [9.17, 15) is 18.8 Å². The average Bonchev–Trinajstić information content (AvgIpc) is 3.11. The van der Waals surface area contributed by atoms with E-state index in [-0.39, 0.29) is 40.5 Å². The molecule has 0 saturated carbocycles. The van der Waals surface area contributed by atoms with Crippen LogP contribution in [-0.2, 0) is 6.54 Å². The minimum absolute atomic E-state index is 0.0427. The third kappa shape index (κ3) is 2.52. The summed E-state index contributed by atoms with van der Waals surface area (Å²) in [5.74, 6) is -2.19. The minimum Gasteiger partial charge on any atom is -0.447 e. The number of rotatable bonds is 3. The van der Waals surface area contributed by atoms with Gasteiger partial charge in [-0.05, 0) is 6.07 Å². The summed E-state index contributed by atoms with van der Waals surface area (Å²) in [4.78, 5) is 37.3. The van der Waals surface area contributed by atoms with Crippen LogP contribution >= 0.6 is 0 Å². The molecule has 0 bridgehead atoms. The number of amides is 1. The number of carbonyl (C=O) groups is 3. The molecule has 1 N–H and O–H groups in total. The molecule has 1 heterocycles. The first-order valence-corrected chi connectivity index (χ1v) is 7.90. The number of hydrogen-bond acceptors (Lipinski definition) is 4. The highest BCUT2D eigenvalue weighted by molar-refractivity contribution is 6.27. The largest absolute Gasteiger partial charge is 0.447 e. The van der Waals surface area contributed by atoms with Gasteiger partial charge in [-0.2, -0.15) is 0 Å². The van der Waals surface area contributed by atoms with Gasteiger partial charge in [-0.25, -0.2) is 4.39 Å². The fourth-order valence-electron chi connectivity index (χ4n) is 2.89. The molecular formula is C20H12FNO4. The predicted molar refractivity (Wildman–Crippen MR) is 89.6 cm³/mol. The molecule has 0 aliphatic heterocycles. The van der Waals surface area contributed by atoms with Crippen molar-refractivity contribution in [1.29, 1.82) is 0 Å². The quantitative estimate of drug-likeness (QED) is 0.616. The molecule has 6 heteroatoms. The Hall–Kier alpha value is -3.54. The second-order valence-corrected chi connectivity index (χ2v) is 5.83. The van der Waals surface area contributed by atoms with Crippen molar-refractivity contribution in [2.24, 2.45) is 0 Å². The summed E-state index contributed by atoms with van der Waals surface area (Å²) in [6.07, 6.45) is 0. The smallest absolute Gasteiger partial charge is 0.287 e. The van der Waals surface area contributed by atoms with Gasteiger partial charge in [0.25, 0.3) is 5.91 Å². The Morgan fingerprint density at radius 2 is 1.58 bits per heavy atom. The van der Waals surface area contributed by atoms with Crippen molar-refractivity contribution in [2.75, 3.05) is 0 Å². The summed E-state index contributed by atoms with van der Waals surface area (Å²) in [5.41, 5.74) is 0.906. The zero-order valence-corrected chi connectivity index (χ0v) is 13.4. The van der Waals surface area contributed by atoms with Crippen molar-refractivity contribution >= 4 is 17.5 Å². The zero-order chi connectivity index (χ0) is 18.3. The molecule has 2 aromatic carbocycles. The van der Waals surface area contributed by atoms with Crippen LogP contribution in [0.3, 0.4) is 0 Å².